The molecule has 0 saturated carbocycles. The molecule has 30 heavy (non-hydrogen) atoms. The Labute approximate surface area is 175 Å². The number of nitrogens with zero attached hydrogens (tertiary/aromatic N) is 4. The van der Waals surface area contributed by atoms with Gasteiger partial charge in [0.1, 0.15) is 5.82 Å². The summed E-state index contributed by atoms with van der Waals surface area (Å²) in [5.41, 5.74) is 1.17. The second-order valence-corrected chi connectivity index (χ2v) is 7.45. The van der Waals surface area contributed by atoms with E-state index < -0.39 is 5.82 Å². The molecule has 0 bridgehead atoms. The normalized spacial score (nSPS) is 11.0. The molecular weight excluding hydrogens is 403 g/mol. The highest BCUT2D eigenvalue weighted by atomic mass is 32.2. The predicted octanol–water partition coefficient (Wildman–Crippen LogP) is 3.54. The van der Waals surface area contributed by atoms with Crippen LogP contribution in [0.1, 0.15) is 15.9 Å². The van der Waals surface area contributed by atoms with Gasteiger partial charge in [0.15, 0.2) is 22.1 Å². The number of carbonyl (C=O) groups is 1. The van der Waals surface area contributed by atoms with Crippen LogP contribution in [0.5, 0.6) is 0 Å². The van der Waals surface area contributed by atoms with E-state index in [9.17, 15) is 14.0 Å². The molecule has 0 radical (unpaired) electrons. The van der Waals surface area contributed by atoms with Crippen molar-refractivity contribution in [2.45, 2.75) is 18.1 Å². The van der Waals surface area contributed by atoms with Crippen LogP contribution in [0.2, 0.25) is 0 Å². The van der Waals surface area contributed by atoms with Crippen LogP contribution in [-0.2, 0) is 13.0 Å². The molecule has 0 spiro atoms. The number of Topliss-reactive ketones (excluding diaryl/α,β-unsaturated/α-hetero) is 1. The number of halogens is 1. The Hall–Kier alpha value is -3.39. The third-order valence-corrected chi connectivity index (χ3v) is 5.51. The lowest BCUT2D eigenvalue weighted by Crippen LogP contribution is -2.25. The molecule has 0 aliphatic heterocycles. The molecule has 4 rings (SSSR count). The Kier molecular flexibility index (Phi) is 5.94. The summed E-state index contributed by atoms with van der Waals surface area (Å²) in [6.07, 6.45) is 3.52. The molecular formula is C22H17FN4O2S. The number of fused-ring (bicyclic) bond motifs is 1. The van der Waals surface area contributed by atoms with Crippen LogP contribution in [0.25, 0.3) is 11.2 Å². The molecule has 8 heteroatoms. The quantitative estimate of drug-likeness (QED) is 0.259. The van der Waals surface area contributed by atoms with Crippen LogP contribution < -0.4 is 5.56 Å². The average molecular weight is 420 g/mol. The molecule has 0 N–H and O–H groups in total. The lowest BCUT2D eigenvalue weighted by molar-refractivity contribution is 0.101. The third kappa shape index (κ3) is 4.28. The largest absolute Gasteiger partial charge is 0.293 e. The summed E-state index contributed by atoms with van der Waals surface area (Å²) in [4.78, 5) is 38.1. The molecule has 0 amide bonds. The van der Waals surface area contributed by atoms with Gasteiger partial charge in [-0.15, -0.1) is 0 Å². The minimum atomic E-state index is -0.568. The SMILES string of the molecule is O=C(CSc1nc2nccnc2c(=O)n1CCc1ccccc1)c1ccccc1F. The molecule has 0 unspecified atom stereocenters. The number of carbonyl (C=O) groups excluding carboxylic acids is 1. The molecule has 0 saturated heterocycles. The van der Waals surface area contributed by atoms with Crippen LogP contribution in [0, 0.1) is 5.82 Å². The summed E-state index contributed by atoms with van der Waals surface area (Å²) in [5, 5.41) is 0.355. The van der Waals surface area contributed by atoms with E-state index in [0.717, 1.165) is 17.3 Å². The lowest BCUT2D eigenvalue weighted by atomic mass is 10.1. The van der Waals surface area contributed by atoms with Crippen molar-refractivity contribution >= 4 is 28.7 Å². The van der Waals surface area contributed by atoms with Gasteiger partial charge in [-0.2, -0.15) is 0 Å². The van der Waals surface area contributed by atoms with E-state index in [1.165, 1.54) is 35.2 Å². The molecule has 6 nitrogen and oxygen atoms in total. The molecule has 2 aromatic heterocycles. The van der Waals surface area contributed by atoms with Crippen LogP contribution in [-0.4, -0.2) is 31.1 Å². The monoisotopic (exact) mass is 420 g/mol. The van der Waals surface area contributed by atoms with Gasteiger partial charge in [-0.25, -0.2) is 19.3 Å². The summed E-state index contributed by atoms with van der Waals surface area (Å²) in [6.45, 7) is 0.374. The van der Waals surface area contributed by atoms with Crippen molar-refractivity contribution in [1.82, 2.24) is 19.5 Å². The third-order valence-electron chi connectivity index (χ3n) is 4.53. The Morgan fingerprint density at radius 1 is 1.00 bits per heavy atom. The maximum absolute atomic E-state index is 13.9. The first-order valence-corrected chi connectivity index (χ1v) is 10.3. The Morgan fingerprint density at radius 3 is 2.53 bits per heavy atom. The molecule has 2 aromatic carbocycles. The average Bonchev–Trinajstić information content (AvgIpc) is 2.78. The van der Waals surface area contributed by atoms with Gasteiger partial charge in [0, 0.05) is 18.9 Å². The summed E-state index contributed by atoms with van der Waals surface area (Å²) in [5.74, 6) is -0.993. The number of ketones is 1. The second kappa shape index (κ2) is 8.96. The van der Waals surface area contributed by atoms with E-state index in [1.807, 2.05) is 30.3 Å². The number of aromatic nitrogens is 4. The maximum Gasteiger partial charge on any atom is 0.282 e. The zero-order valence-corrected chi connectivity index (χ0v) is 16.7. The molecule has 0 aliphatic carbocycles. The van der Waals surface area contributed by atoms with E-state index in [4.69, 9.17) is 0 Å². The van der Waals surface area contributed by atoms with Crippen LogP contribution in [0.4, 0.5) is 4.39 Å². The van der Waals surface area contributed by atoms with Crippen LogP contribution >= 0.6 is 11.8 Å². The number of benzene rings is 2. The van der Waals surface area contributed by atoms with E-state index in [2.05, 4.69) is 15.0 Å². The highest BCUT2D eigenvalue weighted by Crippen LogP contribution is 2.19. The van der Waals surface area contributed by atoms with Gasteiger partial charge in [-0.3, -0.25) is 14.2 Å². The minimum absolute atomic E-state index is 0.0174. The lowest BCUT2D eigenvalue weighted by Gasteiger charge is -2.12. The standard InChI is InChI=1S/C22H17FN4O2S/c23-17-9-5-4-8-16(17)18(28)14-30-22-26-20-19(24-11-12-25-20)21(29)27(22)13-10-15-6-2-1-3-7-15/h1-9,11-12H,10,13-14H2. The molecule has 0 atom stereocenters. The maximum atomic E-state index is 13.9. The Balaban J connectivity index is 1.64. The molecule has 4 aromatic rings. The number of hydrogen-bond donors (Lipinski definition) is 0. The van der Waals surface area contributed by atoms with Crippen LogP contribution in [0.3, 0.4) is 0 Å². The fraction of sp³-hybridized carbons (Fsp3) is 0.136. The zero-order valence-electron chi connectivity index (χ0n) is 15.9. The van der Waals surface area contributed by atoms with E-state index in [-0.39, 0.29) is 33.8 Å². The van der Waals surface area contributed by atoms with Gasteiger partial charge < -0.3 is 0 Å². The van der Waals surface area contributed by atoms with Crippen molar-refractivity contribution in [3.63, 3.8) is 0 Å². The topological polar surface area (TPSA) is 77.7 Å². The predicted molar refractivity (Wildman–Crippen MR) is 113 cm³/mol. The highest BCUT2D eigenvalue weighted by Gasteiger charge is 2.17. The van der Waals surface area contributed by atoms with Gasteiger partial charge in [0.05, 0.1) is 11.3 Å². The van der Waals surface area contributed by atoms with Crippen LogP contribution in [0.15, 0.2) is 76.9 Å². The summed E-state index contributed by atoms with van der Waals surface area (Å²) >= 11 is 1.09. The van der Waals surface area contributed by atoms with E-state index in [1.54, 1.807) is 6.07 Å². The number of hydrogen-bond acceptors (Lipinski definition) is 6. The van der Waals surface area contributed by atoms with Gasteiger partial charge in [-0.05, 0) is 24.1 Å². The number of thioether (sulfide) groups is 1. The van der Waals surface area contributed by atoms with Crippen molar-refractivity contribution in [1.29, 1.82) is 0 Å². The van der Waals surface area contributed by atoms with E-state index >= 15 is 0 Å². The smallest absolute Gasteiger partial charge is 0.282 e. The molecule has 150 valence electrons. The molecule has 0 aliphatic rings. The first-order chi connectivity index (χ1) is 14.6. The fourth-order valence-electron chi connectivity index (χ4n) is 3.02. The van der Waals surface area contributed by atoms with Gasteiger partial charge in [-0.1, -0.05) is 54.2 Å². The second-order valence-electron chi connectivity index (χ2n) is 6.51. The summed E-state index contributed by atoms with van der Waals surface area (Å²) in [6, 6.07) is 15.6. The number of aryl methyl sites for hydroxylation is 1. The Morgan fingerprint density at radius 2 is 1.73 bits per heavy atom. The van der Waals surface area contributed by atoms with Crippen molar-refractivity contribution in [2.75, 3.05) is 5.75 Å². The first kappa shape index (κ1) is 19.9. The Bertz CT molecular complexity index is 1260. The zero-order chi connectivity index (χ0) is 20.9. The fourth-order valence-corrected chi connectivity index (χ4v) is 3.91. The first-order valence-electron chi connectivity index (χ1n) is 9.29. The minimum Gasteiger partial charge on any atom is -0.293 e. The molecule has 2 heterocycles. The van der Waals surface area contributed by atoms with Crippen molar-refractivity contribution in [2.24, 2.45) is 0 Å². The van der Waals surface area contributed by atoms with Crippen molar-refractivity contribution < 1.29 is 9.18 Å². The highest BCUT2D eigenvalue weighted by molar-refractivity contribution is 7.99. The van der Waals surface area contributed by atoms with E-state index in [0.29, 0.717) is 18.1 Å². The molecule has 0 fully saturated rings. The van der Waals surface area contributed by atoms with Crippen molar-refractivity contribution in [3.8, 4) is 0 Å². The van der Waals surface area contributed by atoms with Crippen molar-refractivity contribution in [3.05, 3.63) is 94.3 Å². The van der Waals surface area contributed by atoms with Gasteiger partial charge in [0.25, 0.3) is 5.56 Å². The summed E-state index contributed by atoms with van der Waals surface area (Å²) in [7, 11) is 0. The van der Waals surface area contributed by atoms with Gasteiger partial charge in [0.2, 0.25) is 0 Å². The van der Waals surface area contributed by atoms with Gasteiger partial charge >= 0.3 is 0 Å². The number of rotatable bonds is 7. The summed E-state index contributed by atoms with van der Waals surface area (Å²) < 4.78 is 15.4.